The molecule has 0 heterocycles. The normalized spacial score (nSPS) is 19.6. The first-order chi connectivity index (χ1) is 7.72. The van der Waals surface area contributed by atoms with Gasteiger partial charge in [0, 0.05) is 13.0 Å². The molecule has 1 aliphatic carbocycles. The largest absolute Gasteiger partial charge is 0.378 e. The Kier molecular flexibility index (Phi) is 3.54. The summed E-state index contributed by atoms with van der Waals surface area (Å²) in [5, 5.41) is 0. The van der Waals surface area contributed by atoms with Gasteiger partial charge >= 0.3 is 0 Å². The molecule has 1 atom stereocenters. The predicted molar refractivity (Wildman–Crippen MR) is 58.4 cm³/mol. The molecule has 2 rings (SSSR count). The van der Waals surface area contributed by atoms with E-state index in [-0.39, 0.29) is 6.10 Å². The first kappa shape index (κ1) is 11.5. The number of halogens is 2. The van der Waals surface area contributed by atoms with Gasteiger partial charge in [0.2, 0.25) is 0 Å². The Morgan fingerprint density at radius 2 is 2.19 bits per heavy atom. The second-order valence-electron chi connectivity index (χ2n) is 4.23. The minimum Gasteiger partial charge on any atom is -0.378 e. The number of hydrogen-bond donors (Lipinski definition) is 0. The van der Waals surface area contributed by atoms with Crippen LogP contribution in [-0.4, -0.2) is 12.7 Å². The maximum absolute atomic E-state index is 13.5. The van der Waals surface area contributed by atoms with Crippen LogP contribution in [0.2, 0.25) is 0 Å². The van der Waals surface area contributed by atoms with Gasteiger partial charge in [0.15, 0.2) is 11.6 Å². The first-order valence-corrected chi connectivity index (χ1v) is 5.79. The monoisotopic (exact) mass is 226 g/mol. The fourth-order valence-electron chi connectivity index (χ4n) is 2.16. The van der Waals surface area contributed by atoms with Gasteiger partial charge < -0.3 is 4.74 Å². The summed E-state index contributed by atoms with van der Waals surface area (Å²) in [6.45, 7) is 2.73. The van der Waals surface area contributed by atoms with E-state index in [1.807, 2.05) is 6.92 Å². The van der Waals surface area contributed by atoms with Gasteiger partial charge in [0.1, 0.15) is 0 Å². The zero-order chi connectivity index (χ0) is 11.5. The molecule has 0 fully saturated rings. The van der Waals surface area contributed by atoms with Gasteiger partial charge in [-0.15, -0.1) is 0 Å². The third kappa shape index (κ3) is 2.24. The van der Waals surface area contributed by atoms with Crippen molar-refractivity contribution in [3.05, 3.63) is 34.9 Å². The van der Waals surface area contributed by atoms with E-state index in [1.54, 1.807) is 6.07 Å². The molecule has 3 heteroatoms. The van der Waals surface area contributed by atoms with E-state index in [1.165, 1.54) is 6.07 Å². The van der Waals surface area contributed by atoms with E-state index < -0.39 is 11.6 Å². The summed E-state index contributed by atoms with van der Waals surface area (Å²) in [5.74, 6) is -1.45. The maximum Gasteiger partial charge on any atom is 0.162 e. The van der Waals surface area contributed by atoms with Crippen molar-refractivity contribution in [3.63, 3.8) is 0 Å². The highest BCUT2D eigenvalue weighted by Gasteiger charge is 2.23. The van der Waals surface area contributed by atoms with E-state index >= 15 is 0 Å². The van der Waals surface area contributed by atoms with Crippen LogP contribution in [0.1, 0.15) is 30.9 Å². The molecule has 1 nitrogen and oxygen atoms in total. The third-order valence-corrected chi connectivity index (χ3v) is 3.02. The molecule has 0 spiro atoms. The number of aryl methyl sites for hydroxylation is 1. The molecule has 0 saturated heterocycles. The second kappa shape index (κ2) is 4.91. The lowest BCUT2D eigenvalue weighted by molar-refractivity contribution is 0.0438. The lowest BCUT2D eigenvalue weighted by Crippen LogP contribution is -2.24. The fraction of sp³-hybridized carbons (Fsp3) is 0.538. The van der Waals surface area contributed by atoms with Gasteiger partial charge in [0.05, 0.1) is 6.10 Å². The standard InChI is InChI=1S/C13H16F2O/c1-2-7-16-10-5-3-9-4-6-12(14)13(15)11(9)8-10/h4,6,10H,2-3,5,7-8H2,1H3. The zero-order valence-electron chi connectivity index (χ0n) is 9.43. The molecule has 1 aromatic carbocycles. The summed E-state index contributed by atoms with van der Waals surface area (Å²) < 4.78 is 32.2. The Morgan fingerprint density at radius 1 is 1.38 bits per heavy atom. The number of ether oxygens (including phenoxy) is 1. The van der Waals surface area contributed by atoms with Crippen LogP contribution in [-0.2, 0) is 17.6 Å². The molecule has 0 amide bonds. The summed E-state index contributed by atoms with van der Waals surface area (Å²) in [5.41, 5.74) is 1.43. The van der Waals surface area contributed by atoms with Crippen molar-refractivity contribution < 1.29 is 13.5 Å². The zero-order valence-corrected chi connectivity index (χ0v) is 9.43. The molecule has 0 radical (unpaired) electrons. The smallest absolute Gasteiger partial charge is 0.162 e. The van der Waals surface area contributed by atoms with Crippen molar-refractivity contribution >= 4 is 0 Å². The van der Waals surface area contributed by atoms with Crippen LogP contribution in [0.3, 0.4) is 0 Å². The van der Waals surface area contributed by atoms with E-state index in [2.05, 4.69) is 0 Å². The first-order valence-electron chi connectivity index (χ1n) is 5.79. The molecule has 88 valence electrons. The number of rotatable bonds is 3. The Bertz CT molecular complexity index is 376. The Hall–Kier alpha value is -0.960. The number of fused-ring (bicyclic) bond motifs is 1. The van der Waals surface area contributed by atoms with Crippen LogP contribution >= 0.6 is 0 Å². The Morgan fingerprint density at radius 3 is 2.94 bits per heavy atom. The van der Waals surface area contributed by atoms with Crippen LogP contribution in [0.4, 0.5) is 8.78 Å². The Balaban J connectivity index is 2.15. The molecule has 1 aliphatic rings. The highest BCUT2D eigenvalue weighted by Crippen LogP contribution is 2.26. The quantitative estimate of drug-likeness (QED) is 0.768. The predicted octanol–water partition coefficient (Wildman–Crippen LogP) is 3.25. The van der Waals surface area contributed by atoms with Gasteiger partial charge in [-0.3, -0.25) is 0 Å². The van der Waals surface area contributed by atoms with Crippen molar-refractivity contribution in [1.82, 2.24) is 0 Å². The average molecular weight is 226 g/mol. The molecule has 16 heavy (non-hydrogen) atoms. The van der Waals surface area contributed by atoms with Crippen molar-refractivity contribution in [1.29, 1.82) is 0 Å². The number of benzene rings is 1. The van der Waals surface area contributed by atoms with Crippen molar-refractivity contribution in [2.75, 3.05) is 6.61 Å². The lowest BCUT2D eigenvalue weighted by Gasteiger charge is -2.25. The van der Waals surface area contributed by atoms with Gasteiger partial charge in [0.25, 0.3) is 0 Å². The van der Waals surface area contributed by atoms with E-state index in [0.717, 1.165) is 24.8 Å². The fourth-order valence-corrected chi connectivity index (χ4v) is 2.16. The summed E-state index contributed by atoms with van der Waals surface area (Å²) in [4.78, 5) is 0. The molecular weight excluding hydrogens is 210 g/mol. The maximum atomic E-state index is 13.5. The molecular formula is C13H16F2O. The summed E-state index contributed by atoms with van der Waals surface area (Å²) >= 11 is 0. The molecule has 1 aromatic rings. The van der Waals surface area contributed by atoms with Crippen LogP contribution in [0.15, 0.2) is 12.1 Å². The third-order valence-electron chi connectivity index (χ3n) is 3.02. The highest BCUT2D eigenvalue weighted by atomic mass is 19.2. The average Bonchev–Trinajstić information content (AvgIpc) is 2.31. The van der Waals surface area contributed by atoms with Crippen molar-refractivity contribution in [2.24, 2.45) is 0 Å². The lowest BCUT2D eigenvalue weighted by atomic mass is 9.89. The topological polar surface area (TPSA) is 9.23 Å². The van der Waals surface area contributed by atoms with Crippen molar-refractivity contribution in [3.8, 4) is 0 Å². The van der Waals surface area contributed by atoms with Crippen LogP contribution in [0.25, 0.3) is 0 Å². The van der Waals surface area contributed by atoms with Gasteiger partial charge in [-0.1, -0.05) is 13.0 Å². The van der Waals surface area contributed by atoms with Crippen LogP contribution < -0.4 is 0 Å². The van der Waals surface area contributed by atoms with E-state index in [0.29, 0.717) is 18.6 Å². The van der Waals surface area contributed by atoms with E-state index in [9.17, 15) is 8.78 Å². The van der Waals surface area contributed by atoms with E-state index in [4.69, 9.17) is 4.74 Å². The highest BCUT2D eigenvalue weighted by molar-refractivity contribution is 5.32. The summed E-state index contributed by atoms with van der Waals surface area (Å²) in [7, 11) is 0. The minimum atomic E-state index is -0.755. The molecule has 1 unspecified atom stereocenters. The second-order valence-corrected chi connectivity index (χ2v) is 4.23. The summed E-state index contributed by atoms with van der Waals surface area (Å²) in [6, 6.07) is 2.89. The summed E-state index contributed by atoms with van der Waals surface area (Å²) in [6.07, 6.45) is 3.18. The van der Waals surface area contributed by atoms with Crippen molar-refractivity contribution in [2.45, 2.75) is 38.7 Å². The minimum absolute atomic E-state index is 0.0451. The Labute approximate surface area is 94.4 Å². The van der Waals surface area contributed by atoms with Crippen LogP contribution in [0, 0.1) is 11.6 Å². The van der Waals surface area contributed by atoms with Crippen LogP contribution in [0.5, 0.6) is 0 Å². The number of hydrogen-bond acceptors (Lipinski definition) is 1. The molecule has 0 bridgehead atoms. The van der Waals surface area contributed by atoms with Gasteiger partial charge in [-0.25, -0.2) is 8.78 Å². The van der Waals surface area contributed by atoms with Gasteiger partial charge in [-0.05, 0) is 36.5 Å². The SMILES string of the molecule is CCCOC1CCc2ccc(F)c(F)c2C1. The molecule has 0 aromatic heterocycles. The van der Waals surface area contributed by atoms with Gasteiger partial charge in [-0.2, -0.15) is 0 Å². The molecule has 0 aliphatic heterocycles. The molecule has 0 N–H and O–H groups in total. The molecule has 0 saturated carbocycles.